The summed E-state index contributed by atoms with van der Waals surface area (Å²) in [7, 11) is 0. The summed E-state index contributed by atoms with van der Waals surface area (Å²) >= 11 is 0. The molecule has 3 aromatic carbocycles. The van der Waals surface area contributed by atoms with Crippen molar-refractivity contribution in [2.75, 3.05) is 0 Å². The molecular formula is C29H23FO8. The summed E-state index contributed by atoms with van der Waals surface area (Å²) in [5.74, 6) is -2.81. The molecule has 194 valence electrons. The van der Waals surface area contributed by atoms with Gasteiger partial charge in [0.05, 0.1) is 0 Å². The molecule has 38 heavy (non-hydrogen) atoms. The summed E-state index contributed by atoms with van der Waals surface area (Å²) in [6.07, 6.45) is 1.01. The smallest absolute Gasteiger partial charge is 0.338 e. The fourth-order valence-corrected chi connectivity index (χ4v) is 3.17. The van der Waals surface area contributed by atoms with Crippen LogP contribution in [0.1, 0.15) is 18.9 Å². The Kier molecular flexibility index (Phi) is 9.26. The van der Waals surface area contributed by atoms with Gasteiger partial charge in [0.1, 0.15) is 5.75 Å². The third-order valence-corrected chi connectivity index (χ3v) is 5.08. The highest BCUT2D eigenvalue weighted by molar-refractivity contribution is 5.89. The van der Waals surface area contributed by atoms with Gasteiger partial charge in [0.15, 0.2) is 23.1 Å². The van der Waals surface area contributed by atoms with Gasteiger partial charge in [0.2, 0.25) is 0 Å². The average molecular weight is 518 g/mol. The minimum absolute atomic E-state index is 0.0103. The van der Waals surface area contributed by atoms with Crippen LogP contribution >= 0.6 is 0 Å². The zero-order valence-corrected chi connectivity index (χ0v) is 20.4. The molecule has 0 saturated heterocycles. The molecule has 3 aromatic rings. The Morgan fingerprint density at radius 3 is 2.18 bits per heavy atom. The lowest BCUT2D eigenvalue weighted by molar-refractivity contribution is -0.134. The summed E-state index contributed by atoms with van der Waals surface area (Å²) in [6.45, 7) is 8.61. The molecule has 0 aliphatic carbocycles. The molecule has 8 nitrogen and oxygen atoms in total. The molecule has 0 aliphatic rings. The van der Waals surface area contributed by atoms with Crippen molar-refractivity contribution in [1.82, 2.24) is 0 Å². The van der Waals surface area contributed by atoms with Crippen molar-refractivity contribution in [3.63, 3.8) is 0 Å². The van der Waals surface area contributed by atoms with E-state index in [1.807, 2.05) is 0 Å². The number of carbonyl (C=O) groups excluding carboxylic acids is 4. The fraction of sp³-hybridized carbons (Fsp3) is 0.103. The van der Waals surface area contributed by atoms with Crippen LogP contribution in [0.2, 0.25) is 0 Å². The summed E-state index contributed by atoms with van der Waals surface area (Å²) in [6, 6.07) is 15.0. The maximum atomic E-state index is 14.6. The molecule has 0 saturated carbocycles. The van der Waals surface area contributed by atoms with Crippen molar-refractivity contribution >= 4 is 24.4 Å². The van der Waals surface area contributed by atoms with Crippen molar-refractivity contribution in [3.8, 4) is 34.1 Å². The largest absolute Gasteiger partial charge is 0.429 e. The first-order valence-corrected chi connectivity index (χ1v) is 11.3. The van der Waals surface area contributed by atoms with Crippen LogP contribution in [-0.4, -0.2) is 24.4 Å². The zero-order valence-electron chi connectivity index (χ0n) is 20.4. The molecule has 0 spiro atoms. The molecule has 3 rings (SSSR count). The van der Waals surface area contributed by atoms with Crippen molar-refractivity contribution in [1.29, 1.82) is 0 Å². The standard InChI is InChI=1S/C29H23FO8/c1-4-27(32)37-25-12-5-19(15-26(25)38-29(34)18(2)3)6-14-28(33)36-24-13-9-21(16-23(24)30)20-7-10-22(11-8-20)35-17-31/h4-5,7-13,15-17H,1-2,6,14H2,3H3. The summed E-state index contributed by atoms with van der Waals surface area (Å²) in [5.41, 5.74) is 1.92. The first-order chi connectivity index (χ1) is 18.2. The van der Waals surface area contributed by atoms with Gasteiger partial charge in [-0.25, -0.2) is 14.0 Å². The first kappa shape index (κ1) is 27.5. The average Bonchev–Trinajstić information content (AvgIpc) is 2.90. The van der Waals surface area contributed by atoms with E-state index >= 15 is 0 Å². The van der Waals surface area contributed by atoms with Crippen LogP contribution in [0.3, 0.4) is 0 Å². The molecule has 0 radical (unpaired) electrons. The third kappa shape index (κ3) is 7.47. The minimum atomic E-state index is -0.745. The molecular weight excluding hydrogens is 495 g/mol. The maximum absolute atomic E-state index is 14.6. The van der Waals surface area contributed by atoms with Gasteiger partial charge < -0.3 is 18.9 Å². The molecule has 0 unspecified atom stereocenters. The Morgan fingerprint density at radius 1 is 0.868 bits per heavy atom. The number of esters is 3. The van der Waals surface area contributed by atoms with Crippen LogP contribution in [0.4, 0.5) is 4.39 Å². The van der Waals surface area contributed by atoms with Crippen LogP contribution in [-0.2, 0) is 25.6 Å². The van der Waals surface area contributed by atoms with Crippen molar-refractivity contribution in [2.24, 2.45) is 0 Å². The van der Waals surface area contributed by atoms with Crippen LogP contribution in [0.15, 0.2) is 85.5 Å². The predicted molar refractivity (Wildman–Crippen MR) is 135 cm³/mol. The van der Waals surface area contributed by atoms with E-state index in [9.17, 15) is 23.6 Å². The lowest BCUT2D eigenvalue weighted by atomic mass is 10.1. The van der Waals surface area contributed by atoms with E-state index in [2.05, 4.69) is 13.2 Å². The normalized spacial score (nSPS) is 10.2. The Hall–Kier alpha value is -5.05. The van der Waals surface area contributed by atoms with Gasteiger partial charge in [-0.15, -0.1) is 0 Å². The second kappa shape index (κ2) is 12.8. The van der Waals surface area contributed by atoms with E-state index in [1.165, 1.54) is 31.2 Å². The van der Waals surface area contributed by atoms with E-state index < -0.39 is 23.7 Å². The number of hydrogen-bond donors (Lipinski definition) is 0. The van der Waals surface area contributed by atoms with Crippen molar-refractivity contribution in [3.05, 3.63) is 96.9 Å². The number of halogens is 1. The van der Waals surface area contributed by atoms with E-state index in [-0.39, 0.29) is 35.7 Å². The predicted octanol–water partition coefficient (Wildman–Crippen LogP) is 5.14. The van der Waals surface area contributed by atoms with Gasteiger partial charge in [0, 0.05) is 18.1 Å². The second-order valence-electron chi connectivity index (χ2n) is 7.93. The van der Waals surface area contributed by atoms with Crippen LogP contribution in [0, 0.1) is 5.82 Å². The molecule has 0 bridgehead atoms. The van der Waals surface area contributed by atoms with Gasteiger partial charge in [0.25, 0.3) is 6.47 Å². The highest BCUT2D eigenvalue weighted by atomic mass is 19.1. The second-order valence-corrected chi connectivity index (χ2v) is 7.93. The monoisotopic (exact) mass is 518 g/mol. The number of aryl methyl sites for hydroxylation is 1. The molecule has 0 aliphatic heterocycles. The Morgan fingerprint density at radius 2 is 1.55 bits per heavy atom. The van der Waals surface area contributed by atoms with E-state index in [4.69, 9.17) is 18.9 Å². The number of benzene rings is 3. The topological polar surface area (TPSA) is 105 Å². The summed E-state index contributed by atoms with van der Waals surface area (Å²) in [5, 5.41) is 0. The third-order valence-electron chi connectivity index (χ3n) is 5.08. The Labute approximate surface area is 217 Å². The highest BCUT2D eigenvalue weighted by Gasteiger charge is 2.16. The molecule has 9 heteroatoms. The van der Waals surface area contributed by atoms with Crippen LogP contribution in [0.25, 0.3) is 11.1 Å². The Bertz CT molecular complexity index is 1390. The van der Waals surface area contributed by atoms with Crippen molar-refractivity contribution in [2.45, 2.75) is 19.8 Å². The summed E-state index contributed by atoms with van der Waals surface area (Å²) in [4.78, 5) is 46.4. The SMILES string of the molecule is C=CC(=O)Oc1ccc(CCC(=O)Oc2ccc(-c3ccc(OC=O)cc3)cc2F)cc1OC(=O)C(=C)C. The number of ether oxygens (including phenoxy) is 4. The van der Waals surface area contributed by atoms with Gasteiger partial charge >= 0.3 is 17.9 Å². The van der Waals surface area contributed by atoms with Gasteiger partial charge in [-0.05, 0) is 66.4 Å². The fourth-order valence-electron chi connectivity index (χ4n) is 3.17. The quantitative estimate of drug-likeness (QED) is 0.149. The van der Waals surface area contributed by atoms with Crippen LogP contribution in [0.5, 0.6) is 23.0 Å². The van der Waals surface area contributed by atoms with E-state index in [0.717, 1.165) is 6.08 Å². The highest BCUT2D eigenvalue weighted by Crippen LogP contribution is 2.31. The Balaban J connectivity index is 1.66. The summed E-state index contributed by atoms with van der Waals surface area (Å²) < 4.78 is 34.9. The lowest BCUT2D eigenvalue weighted by Gasteiger charge is -2.12. The maximum Gasteiger partial charge on any atom is 0.338 e. The number of carbonyl (C=O) groups is 4. The van der Waals surface area contributed by atoms with Crippen LogP contribution < -0.4 is 18.9 Å². The van der Waals surface area contributed by atoms with Crippen molar-refractivity contribution < 1.29 is 42.5 Å². The van der Waals surface area contributed by atoms with Gasteiger partial charge in [-0.1, -0.05) is 37.4 Å². The van der Waals surface area contributed by atoms with E-state index in [1.54, 1.807) is 36.4 Å². The first-order valence-electron chi connectivity index (χ1n) is 11.3. The molecule has 0 atom stereocenters. The molecule has 0 amide bonds. The number of hydrogen-bond acceptors (Lipinski definition) is 8. The van der Waals surface area contributed by atoms with Gasteiger partial charge in [-0.3, -0.25) is 9.59 Å². The minimum Gasteiger partial charge on any atom is -0.429 e. The number of rotatable bonds is 11. The zero-order chi connectivity index (χ0) is 27.7. The lowest BCUT2D eigenvalue weighted by Crippen LogP contribution is -2.12. The molecule has 0 aromatic heterocycles. The van der Waals surface area contributed by atoms with E-state index in [0.29, 0.717) is 28.9 Å². The molecule has 0 N–H and O–H groups in total. The molecule has 0 heterocycles. The molecule has 0 fully saturated rings. The van der Waals surface area contributed by atoms with Gasteiger partial charge in [-0.2, -0.15) is 0 Å².